The number of hydrogen-bond acceptors (Lipinski definition) is 3. The van der Waals surface area contributed by atoms with E-state index < -0.39 is 0 Å². The van der Waals surface area contributed by atoms with Gasteiger partial charge in [0.05, 0.1) is 12.2 Å². The summed E-state index contributed by atoms with van der Waals surface area (Å²) in [4.78, 5) is 2.46. The lowest BCUT2D eigenvalue weighted by Gasteiger charge is -2.31. The highest BCUT2D eigenvalue weighted by Gasteiger charge is 2.33. The van der Waals surface area contributed by atoms with E-state index in [2.05, 4.69) is 20.8 Å². The molecule has 2 atom stereocenters. The Balaban J connectivity index is 1.45. The molecule has 0 saturated carbocycles. The average molecular weight is 312 g/mol. The van der Waals surface area contributed by atoms with Crippen LogP contribution in [0.15, 0.2) is 28.7 Å². The first-order valence-electron chi connectivity index (χ1n) is 6.56. The minimum absolute atomic E-state index is 0.467. The summed E-state index contributed by atoms with van der Waals surface area (Å²) in [6.45, 7) is 3.87. The quantitative estimate of drug-likeness (QED) is 0.853. The van der Waals surface area contributed by atoms with Gasteiger partial charge in [0.1, 0.15) is 12.4 Å². The fourth-order valence-electron chi connectivity index (χ4n) is 2.73. The van der Waals surface area contributed by atoms with E-state index in [1.165, 1.54) is 12.8 Å². The summed E-state index contributed by atoms with van der Waals surface area (Å²) in [5.41, 5.74) is 0. The molecule has 3 rings (SSSR count). The molecule has 98 valence electrons. The van der Waals surface area contributed by atoms with Crippen LogP contribution in [0.5, 0.6) is 5.75 Å². The lowest BCUT2D eigenvalue weighted by molar-refractivity contribution is -0.0408. The zero-order valence-corrected chi connectivity index (χ0v) is 11.9. The van der Waals surface area contributed by atoms with Crippen LogP contribution < -0.4 is 4.74 Å². The molecule has 2 bridgehead atoms. The summed E-state index contributed by atoms with van der Waals surface area (Å²) < 4.78 is 12.6. The Bertz CT molecular complexity index is 401. The third-order valence-electron chi connectivity index (χ3n) is 3.59. The van der Waals surface area contributed by atoms with Crippen molar-refractivity contribution in [3.8, 4) is 5.75 Å². The third-order valence-corrected chi connectivity index (χ3v) is 4.08. The Labute approximate surface area is 116 Å². The van der Waals surface area contributed by atoms with Crippen LogP contribution >= 0.6 is 15.9 Å². The maximum absolute atomic E-state index is 5.82. The van der Waals surface area contributed by atoms with Gasteiger partial charge in [0, 0.05) is 24.1 Å². The first kappa shape index (κ1) is 12.5. The van der Waals surface area contributed by atoms with Gasteiger partial charge in [0.25, 0.3) is 0 Å². The topological polar surface area (TPSA) is 21.7 Å². The predicted molar refractivity (Wildman–Crippen MR) is 74.0 cm³/mol. The van der Waals surface area contributed by atoms with Crippen molar-refractivity contribution in [3.63, 3.8) is 0 Å². The molecule has 0 N–H and O–H groups in total. The van der Waals surface area contributed by atoms with Crippen LogP contribution in [0.1, 0.15) is 12.8 Å². The molecule has 2 aliphatic heterocycles. The zero-order chi connectivity index (χ0) is 12.4. The molecular weight excluding hydrogens is 294 g/mol. The smallest absolute Gasteiger partial charge is 0.120 e. The SMILES string of the molecule is Brc1cccc(OCCN2CC3CCC(C2)O3)c1. The maximum Gasteiger partial charge on any atom is 0.120 e. The summed E-state index contributed by atoms with van der Waals surface area (Å²) in [6.07, 6.45) is 3.39. The van der Waals surface area contributed by atoms with Crippen molar-refractivity contribution in [2.24, 2.45) is 0 Å². The highest BCUT2D eigenvalue weighted by atomic mass is 79.9. The largest absolute Gasteiger partial charge is 0.492 e. The van der Waals surface area contributed by atoms with Crippen molar-refractivity contribution in [2.45, 2.75) is 25.0 Å². The number of hydrogen-bond donors (Lipinski definition) is 0. The van der Waals surface area contributed by atoms with Gasteiger partial charge < -0.3 is 9.47 Å². The minimum Gasteiger partial charge on any atom is -0.492 e. The average Bonchev–Trinajstić information content (AvgIpc) is 2.69. The van der Waals surface area contributed by atoms with Gasteiger partial charge in [-0.15, -0.1) is 0 Å². The second kappa shape index (κ2) is 5.59. The Morgan fingerprint density at radius 3 is 2.78 bits per heavy atom. The van der Waals surface area contributed by atoms with Crippen LogP contribution in [0, 0.1) is 0 Å². The lowest BCUT2D eigenvalue weighted by atomic mass is 10.2. The number of morpholine rings is 1. The molecule has 0 aromatic heterocycles. The van der Waals surface area contributed by atoms with E-state index in [4.69, 9.17) is 9.47 Å². The Morgan fingerprint density at radius 1 is 1.28 bits per heavy atom. The minimum atomic E-state index is 0.467. The van der Waals surface area contributed by atoms with Gasteiger partial charge in [-0.05, 0) is 31.0 Å². The lowest BCUT2D eigenvalue weighted by Crippen LogP contribution is -2.44. The zero-order valence-electron chi connectivity index (χ0n) is 10.3. The van der Waals surface area contributed by atoms with E-state index in [1.54, 1.807) is 0 Å². The molecule has 0 amide bonds. The van der Waals surface area contributed by atoms with Crippen LogP contribution in [0.25, 0.3) is 0 Å². The molecule has 0 radical (unpaired) electrons. The van der Waals surface area contributed by atoms with Gasteiger partial charge in [-0.25, -0.2) is 0 Å². The third kappa shape index (κ3) is 3.05. The maximum atomic E-state index is 5.82. The predicted octanol–water partition coefficient (Wildman–Crippen LogP) is 2.69. The van der Waals surface area contributed by atoms with Gasteiger partial charge in [0.15, 0.2) is 0 Å². The van der Waals surface area contributed by atoms with E-state index in [0.717, 1.165) is 36.5 Å². The first-order valence-corrected chi connectivity index (χ1v) is 7.35. The molecular formula is C14H18BrNO2. The second-order valence-electron chi connectivity index (χ2n) is 5.02. The molecule has 4 heteroatoms. The molecule has 18 heavy (non-hydrogen) atoms. The van der Waals surface area contributed by atoms with Crippen molar-refractivity contribution < 1.29 is 9.47 Å². The molecule has 0 aliphatic carbocycles. The van der Waals surface area contributed by atoms with Crippen molar-refractivity contribution >= 4 is 15.9 Å². The molecule has 2 saturated heterocycles. The van der Waals surface area contributed by atoms with Crippen molar-refractivity contribution in [2.75, 3.05) is 26.2 Å². The summed E-state index contributed by atoms with van der Waals surface area (Å²) in [6, 6.07) is 8.00. The Kier molecular flexibility index (Phi) is 3.87. The Hall–Kier alpha value is -0.580. The van der Waals surface area contributed by atoms with Crippen LogP contribution in [-0.4, -0.2) is 43.3 Å². The number of benzene rings is 1. The molecule has 2 heterocycles. The number of ether oxygens (including phenoxy) is 2. The van der Waals surface area contributed by atoms with Gasteiger partial charge in [0.2, 0.25) is 0 Å². The number of halogens is 1. The molecule has 2 unspecified atom stereocenters. The van der Waals surface area contributed by atoms with E-state index in [9.17, 15) is 0 Å². The Morgan fingerprint density at radius 2 is 2.06 bits per heavy atom. The number of fused-ring (bicyclic) bond motifs is 2. The first-order chi connectivity index (χ1) is 8.79. The summed E-state index contributed by atoms with van der Waals surface area (Å²) in [5, 5.41) is 0. The van der Waals surface area contributed by atoms with Gasteiger partial charge in [-0.2, -0.15) is 0 Å². The van der Waals surface area contributed by atoms with Crippen molar-refractivity contribution in [1.29, 1.82) is 0 Å². The van der Waals surface area contributed by atoms with Gasteiger partial charge >= 0.3 is 0 Å². The van der Waals surface area contributed by atoms with Crippen LogP contribution in [0.4, 0.5) is 0 Å². The fourth-order valence-corrected chi connectivity index (χ4v) is 3.11. The normalized spacial score (nSPS) is 27.4. The van der Waals surface area contributed by atoms with Gasteiger partial charge in [-0.3, -0.25) is 4.90 Å². The molecule has 0 spiro atoms. The molecule has 1 aromatic rings. The standard InChI is InChI=1S/C14H18BrNO2/c15-11-2-1-3-12(8-11)17-7-6-16-9-13-4-5-14(10-16)18-13/h1-3,8,13-14H,4-7,9-10H2. The number of likely N-dealkylation sites (tertiary alicyclic amines) is 1. The fraction of sp³-hybridized carbons (Fsp3) is 0.571. The summed E-state index contributed by atoms with van der Waals surface area (Å²) in [7, 11) is 0. The second-order valence-corrected chi connectivity index (χ2v) is 5.94. The van der Waals surface area contributed by atoms with E-state index >= 15 is 0 Å². The highest BCUT2D eigenvalue weighted by molar-refractivity contribution is 9.10. The van der Waals surface area contributed by atoms with E-state index in [1.807, 2.05) is 24.3 Å². The van der Waals surface area contributed by atoms with E-state index in [-0.39, 0.29) is 0 Å². The molecule has 2 aliphatic rings. The monoisotopic (exact) mass is 311 g/mol. The summed E-state index contributed by atoms with van der Waals surface area (Å²) >= 11 is 3.45. The number of nitrogens with zero attached hydrogens (tertiary/aromatic N) is 1. The van der Waals surface area contributed by atoms with Crippen LogP contribution in [-0.2, 0) is 4.74 Å². The van der Waals surface area contributed by atoms with Crippen molar-refractivity contribution in [1.82, 2.24) is 4.90 Å². The number of rotatable bonds is 4. The van der Waals surface area contributed by atoms with Crippen LogP contribution in [0.3, 0.4) is 0 Å². The molecule has 1 aromatic carbocycles. The molecule has 3 nitrogen and oxygen atoms in total. The molecule has 2 fully saturated rings. The highest BCUT2D eigenvalue weighted by Crippen LogP contribution is 2.26. The van der Waals surface area contributed by atoms with E-state index in [0.29, 0.717) is 12.2 Å². The van der Waals surface area contributed by atoms with Gasteiger partial charge in [-0.1, -0.05) is 22.0 Å². The van der Waals surface area contributed by atoms with Crippen LogP contribution in [0.2, 0.25) is 0 Å². The van der Waals surface area contributed by atoms with Crippen molar-refractivity contribution in [3.05, 3.63) is 28.7 Å². The summed E-state index contributed by atoms with van der Waals surface area (Å²) in [5.74, 6) is 0.931.